The zero-order valence-corrected chi connectivity index (χ0v) is 20.4. The molecule has 2 aromatic carbocycles. The number of aromatic nitrogens is 1. The van der Waals surface area contributed by atoms with Crippen molar-refractivity contribution in [1.29, 1.82) is 0 Å². The first-order valence-electron chi connectivity index (χ1n) is 9.78. The number of rotatable bonds is 3. The predicted octanol–water partition coefficient (Wildman–Crippen LogP) is 6.36. The normalized spacial score (nSPS) is 11.3. The number of nitrogens with zero attached hydrogens (tertiary/aromatic N) is 1. The molecular weight excluding hydrogens is 575 g/mol. The van der Waals surface area contributed by atoms with Crippen molar-refractivity contribution in [1.82, 2.24) is 4.98 Å². The smallest absolute Gasteiger partial charge is 0.316 e. The summed E-state index contributed by atoms with van der Waals surface area (Å²) in [7, 11) is 0. The fourth-order valence-corrected chi connectivity index (χ4v) is 2.50. The zero-order valence-electron chi connectivity index (χ0n) is 18.0. The molecule has 32 heavy (non-hydrogen) atoms. The van der Waals surface area contributed by atoms with Gasteiger partial charge in [-0.05, 0) is 30.8 Å². The van der Waals surface area contributed by atoms with Crippen LogP contribution in [0.5, 0.6) is 0 Å². The standard InChI is InChI=1S/C12H8.C11H8N.C5H8O2.Ir/c1-3-7-11(8-4-1)12-9-5-2-6-10-12;1-2-6-10(7-3-1)11-8-4-5-9-12-11;1-4(6)3-5(2)7;/h1-7,9H;1-6,8-9H;3,6H,1-2H3;/q;-1;;/p+1/b;;4-3-;. The molecule has 1 aliphatic rings. The van der Waals surface area contributed by atoms with Crippen LogP contribution in [0.4, 0.5) is 0 Å². The fourth-order valence-electron chi connectivity index (χ4n) is 2.50. The van der Waals surface area contributed by atoms with Crippen LogP contribution >= 0.6 is 0 Å². The molecule has 4 heteroatoms. The van der Waals surface area contributed by atoms with E-state index in [1.165, 1.54) is 19.9 Å². The van der Waals surface area contributed by atoms with E-state index in [2.05, 4.69) is 23.2 Å². The molecule has 0 saturated carbocycles. The average molecular weight is 600 g/mol. The van der Waals surface area contributed by atoms with Gasteiger partial charge in [0.1, 0.15) is 0 Å². The second-order valence-corrected chi connectivity index (χ2v) is 6.47. The van der Waals surface area contributed by atoms with Gasteiger partial charge in [-0.25, -0.2) is 0 Å². The molecule has 0 fully saturated rings. The Morgan fingerprint density at radius 2 is 1.59 bits per heavy atom. The molecule has 3 nitrogen and oxygen atoms in total. The fraction of sp³-hybridized carbons (Fsp3) is 0.0714. The molecule has 0 spiro atoms. The molecule has 0 bridgehead atoms. The number of aliphatic hydroxyl groups is 1. The SMILES string of the molecule is CC(=[OH+])/C=C(/C)O.[C+]1=CC=CC=C1c1[c-]cccc1.[Ir].[c-]1ccccc1-c1ccccn1. The van der Waals surface area contributed by atoms with Crippen molar-refractivity contribution < 1.29 is 30.0 Å². The number of aliphatic hydroxyl groups excluding tert-OH is 1. The Balaban J connectivity index is 0.000000246. The van der Waals surface area contributed by atoms with Crippen molar-refractivity contribution in [2.24, 2.45) is 0 Å². The Kier molecular flexibility index (Phi) is 12.8. The number of hydrogen-bond donors (Lipinski definition) is 1. The van der Waals surface area contributed by atoms with Crippen LogP contribution in [0.3, 0.4) is 0 Å². The van der Waals surface area contributed by atoms with E-state index in [4.69, 9.17) is 9.90 Å². The molecule has 1 radical (unpaired) electrons. The van der Waals surface area contributed by atoms with Gasteiger partial charge in [0.15, 0.2) is 0 Å². The zero-order chi connectivity index (χ0) is 22.3. The number of pyridine rings is 1. The second-order valence-electron chi connectivity index (χ2n) is 6.47. The Morgan fingerprint density at radius 1 is 0.938 bits per heavy atom. The number of hydrogen-bond acceptors (Lipinski definition) is 2. The van der Waals surface area contributed by atoms with Gasteiger partial charge in [0.05, 0.1) is 30.4 Å². The van der Waals surface area contributed by atoms with E-state index in [1.807, 2.05) is 91.0 Å². The van der Waals surface area contributed by atoms with Gasteiger partial charge in [-0.2, -0.15) is 0 Å². The maximum atomic E-state index is 8.40. The summed E-state index contributed by atoms with van der Waals surface area (Å²) in [5, 5.41) is 8.40. The Bertz CT molecular complexity index is 1010. The third-order valence-corrected chi connectivity index (χ3v) is 3.78. The molecule has 3 aromatic rings. The van der Waals surface area contributed by atoms with E-state index in [-0.39, 0.29) is 31.6 Å². The minimum absolute atomic E-state index is 0. The van der Waals surface area contributed by atoms with Gasteiger partial charge in [0.25, 0.3) is 0 Å². The van der Waals surface area contributed by atoms with Crippen LogP contribution in [0.15, 0.2) is 109 Å². The van der Waals surface area contributed by atoms with Gasteiger partial charge < -0.3 is 10.1 Å². The van der Waals surface area contributed by atoms with Crippen molar-refractivity contribution in [3.63, 3.8) is 0 Å². The van der Waals surface area contributed by atoms with Crippen LogP contribution in [0.1, 0.15) is 19.4 Å². The summed E-state index contributed by atoms with van der Waals surface area (Å²) in [6.07, 6.45) is 14.1. The van der Waals surface area contributed by atoms with Crippen LogP contribution in [0, 0.1) is 18.2 Å². The van der Waals surface area contributed by atoms with Gasteiger partial charge in [-0.15, -0.1) is 60.2 Å². The first-order valence-corrected chi connectivity index (χ1v) is 9.78. The molecule has 4 rings (SSSR count). The molecule has 0 atom stereocenters. The Labute approximate surface area is 203 Å². The van der Waals surface area contributed by atoms with Crippen molar-refractivity contribution in [3.05, 3.63) is 133 Å². The van der Waals surface area contributed by atoms with Crippen molar-refractivity contribution in [3.8, 4) is 11.3 Å². The summed E-state index contributed by atoms with van der Waals surface area (Å²) >= 11 is 0. The molecule has 2 N–H and O–H groups in total. The van der Waals surface area contributed by atoms with Gasteiger partial charge in [-0.3, -0.25) is 4.79 Å². The molecule has 1 heterocycles. The predicted molar refractivity (Wildman–Crippen MR) is 128 cm³/mol. The summed E-state index contributed by atoms with van der Waals surface area (Å²) < 4.78 is 0. The van der Waals surface area contributed by atoms with Crippen LogP contribution in [0.2, 0.25) is 0 Å². The summed E-state index contributed by atoms with van der Waals surface area (Å²) in [5.74, 6) is 0.250. The topological polar surface area (TPSA) is 54.5 Å². The van der Waals surface area contributed by atoms with E-state index in [1.54, 1.807) is 6.20 Å². The molecule has 163 valence electrons. The average Bonchev–Trinajstić information content (AvgIpc) is 2.81. The van der Waals surface area contributed by atoms with Crippen molar-refractivity contribution >= 4 is 11.4 Å². The monoisotopic (exact) mass is 600 g/mol. The van der Waals surface area contributed by atoms with Gasteiger partial charge >= 0.3 is 5.78 Å². The summed E-state index contributed by atoms with van der Waals surface area (Å²) in [5.41, 5.74) is 4.20. The summed E-state index contributed by atoms with van der Waals surface area (Å²) in [6, 6.07) is 27.9. The quantitative estimate of drug-likeness (QED) is 0.165. The van der Waals surface area contributed by atoms with Crippen LogP contribution in [0.25, 0.3) is 16.8 Å². The second kappa shape index (κ2) is 15.4. The first kappa shape index (κ1) is 26.6. The largest absolute Gasteiger partial charge is 0.512 e. The van der Waals surface area contributed by atoms with Crippen LogP contribution in [-0.2, 0) is 20.1 Å². The molecule has 0 amide bonds. The van der Waals surface area contributed by atoms with Gasteiger partial charge in [-0.1, -0.05) is 23.8 Å². The molecule has 0 unspecified atom stereocenters. The van der Waals surface area contributed by atoms with E-state index in [9.17, 15) is 0 Å². The number of benzene rings is 2. The van der Waals surface area contributed by atoms with Crippen molar-refractivity contribution in [2.75, 3.05) is 0 Å². The number of carbonyl (C=O) groups excluding carboxylic acids is 1. The molecular formula is C28H25IrNO2. The summed E-state index contributed by atoms with van der Waals surface area (Å²) in [4.78, 5) is 12.6. The number of ketones is 1. The Hall–Kier alpha value is -3.42. The van der Waals surface area contributed by atoms with Crippen LogP contribution in [-0.4, -0.2) is 20.7 Å². The molecule has 1 aliphatic carbocycles. The van der Waals surface area contributed by atoms with E-state index in [0.29, 0.717) is 0 Å². The van der Waals surface area contributed by atoms with Crippen molar-refractivity contribution in [2.45, 2.75) is 13.8 Å². The number of allylic oxidation sites excluding steroid dienone is 8. The minimum atomic E-state index is 0. The molecule has 1 aromatic heterocycles. The Morgan fingerprint density at radius 3 is 2.03 bits per heavy atom. The maximum absolute atomic E-state index is 8.40. The third-order valence-electron chi connectivity index (χ3n) is 3.78. The minimum Gasteiger partial charge on any atom is -0.512 e. The maximum Gasteiger partial charge on any atom is 0.316 e. The third kappa shape index (κ3) is 10.6. The summed E-state index contributed by atoms with van der Waals surface area (Å²) in [6.45, 7) is 3.00. The molecule has 0 aliphatic heterocycles. The van der Waals surface area contributed by atoms with Crippen LogP contribution < -0.4 is 0 Å². The van der Waals surface area contributed by atoms with E-state index < -0.39 is 0 Å². The van der Waals surface area contributed by atoms with E-state index >= 15 is 0 Å². The molecule has 0 saturated heterocycles. The first-order chi connectivity index (χ1) is 15.1. The van der Waals surface area contributed by atoms with Gasteiger partial charge in [0, 0.05) is 38.5 Å². The van der Waals surface area contributed by atoms with E-state index in [0.717, 1.165) is 22.4 Å². The van der Waals surface area contributed by atoms with Gasteiger partial charge in [0.2, 0.25) is 0 Å².